The van der Waals surface area contributed by atoms with Crippen molar-refractivity contribution in [2.24, 2.45) is 0 Å². The maximum absolute atomic E-state index is 11.6. The molecule has 1 unspecified atom stereocenters. The maximum atomic E-state index is 11.6. The Kier molecular flexibility index (Phi) is 6.87. The standard InChI is InChI=1S/C14H18ClNO4/c1-10(5-6-14(18)19)16-13(17)7-8-20-12-4-2-3-11(15)9-12/h2-4,9-10H,5-8H2,1H3,(H,16,17)(H,18,19). The van der Waals surface area contributed by atoms with E-state index in [2.05, 4.69) is 5.32 Å². The van der Waals surface area contributed by atoms with Gasteiger partial charge in [0.05, 0.1) is 13.0 Å². The molecule has 6 heteroatoms. The molecule has 0 spiro atoms. The molecule has 1 atom stereocenters. The van der Waals surface area contributed by atoms with E-state index in [0.29, 0.717) is 17.2 Å². The Labute approximate surface area is 122 Å². The highest BCUT2D eigenvalue weighted by Gasteiger charge is 2.09. The van der Waals surface area contributed by atoms with E-state index in [4.69, 9.17) is 21.4 Å². The summed E-state index contributed by atoms with van der Waals surface area (Å²) in [6, 6.07) is 6.79. The minimum Gasteiger partial charge on any atom is -0.493 e. The van der Waals surface area contributed by atoms with Gasteiger partial charge in [0.25, 0.3) is 0 Å². The lowest BCUT2D eigenvalue weighted by atomic mass is 10.2. The van der Waals surface area contributed by atoms with Crippen LogP contribution < -0.4 is 10.1 Å². The van der Waals surface area contributed by atoms with Crippen LogP contribution in [0.4, 0.5) is 0 Å². The SMILES string of the molecule is CC(CCC(=O)O)NC(=O)CCOc1cccc(Cl)c1. The Hall–Kier alpha value is -1.75. The monoisotopic (exact) mass is 299 g/mol. The molecule has 0 radical (unpaired) electrons. The molecule has 1 aromatic rings. The Morgan fingerprint density at radius 2 is 2.15 bits per heavy atom. The van der Waals surface area contributed by atoms with E-state index in [1.54, 1.807) is 31.2 Å². The van der Waals surface area contributed by atoms with Gasteiger partial charge in [0.15, 0.2) is 0 Å². The fourth-order valence-corrected chi connectivity index (χ4v) is 1.76. The van der Waals surface area contributed by atoms with Crippen LogP contribution in [0, 0.1) is 0 Å². The molecule has 1 amide bonds. The number of carbonyl (C=O) groups excluding carboxylic acids is 1. The number of halogens is 1. The number of hydrogen-bond donors (Lipinski definition) is 2. The predicted molar refractivity (Wildman–Crippen MR) is 76.0 cm³/mol. The molecule has 5 nitrogen and oxygen atoms in total. The number of amides is 1. The van der Waals surface area contributed by atoms with Gasteiger partial charge in [0.1, 0.15) is 5.75 Å². The van der Waals surface area contributed by atoms with Gasteiger partial charge < -0.3 is 15.2 Å². The van der Waals surface area contributed by atoms with Gasteiger partial charge in [-0.3, -0.25) is 9.59 Å². The van der Waals surface area contributed by atoms with Crippen molar-refractivity contribution in [2.75, 3.05) is 6.61 Å². The van der Waals surface area contributed by atoms with Gasteiger partial charge in [0.2, 0.25) is 5.91 Å². The van der Waals surface area contributed by atoms with Crippen molar-refractivity contribution in [2.45, 2.75) is 32.2 Å². The molecule has 0 saturated heterocycles. The average molecular weight is 300 g/mol. The fourth-order valence-electron chi connectivity index (χ4n) is 1.58. The van der Waals surface area contributed by atoms with E-state index in [9.17, 15) is 9.59 Å². The van der Waals surface area contributed by atoms with Crippen LogP contribution in [0.1, 0.15) is 26.2 Å². The zero-order valence-electron chi connectivity index (χ0n) is 11.3. The molecule has 2 N–H and O–H groups in total. The molecule has 0 fully saturated rings. The molecule has 0 bridgehead atoms. The first-order valence-electron chi connectivity index (χ1n) is 6.37. The molecule has 110 valence electrons. The first-order chi connectivity index (χ1) is 9.47. The van der Waals surface area contributed by atoms with Crippen LogP contribution in [0.15, 0.2) is 24.3 Å². The van der Waals surface area contributed by atoms with Gasteiger partial charge in [-0.25, -0.2) is 0 Å². The van der Waals surface area contributed by atoms with Crippen LogP contribution >= 0.6 is 11.6 Å². The number of nitrogens with one attached hydrogen (secondary N) is 1. The number of ether oxygens (including phenoxy) is 1. The Bertz CT molecular complexity index is 464. The number of carboxylic acids is 1. The van der Waals surface area contributed by atoms with Gasteiger partial charge in [-0.15, -0.1) is 0 Å². The van der Waals surface area contributed by atoms with Crippen molar-refractivity contribution in [3.8, 4) is 5.75 Å². The lowest BCUT2D eigenvalue weighted by Gasteiger charge is -2.13. The van der Waals surface area contributed by atoms with Crippen molar-refractivity contribution < 1.29 is 19.4 Å². The average Bonchev–Trinajstić information content (AvgIpc) is 2.36. The van der Waals surface area contributed by atoms with Crippen molar-refractivity contribution in [1.82, 2.24) is 5.32 Å². The van der Waals surface area contributed by atoms with Gasteiger partial charge in [-0.2, -0.15) is 0 Å². The number of carboxylic acid groups (broad SMARTS) is 1. The van der Waals surface area contributed by atoms with E-state index >= 15 is 0 Å². The van der Waals surface area contributed by atoms with E-state index in [1.807, 2.05) is 0 Å². The lowest BCUT2D eigenvalue weighted by Crippen LogP contribution is -2.33. The number of carbonyl (C=O) groups is 2. The molecular weight excluding hydrogens is 282 g/mol. The number of rotatable bonds is 8. The summed E-state index contributed by atoms with van der Waals surface area (Å²) < 4.78 is 5.40. The van der Waals surface area contributed by atoms with Gasteiger partial charge >= 0.3 is 5.97 Å². The van der Waals surface area contributed by atoms with Gasteiger partial charge in [-0.05, 0) is 31.5 Å². The molecule has 0 aliphatic heterocycles. The van der Waals surface area contributed by atoms with E-state index in [0.717, 1.165) is 0 Å². The smallest absolute Gasteiger partial charge is 0.303 e. The normalized spacial score (nSPS) is 11.7. The third-order valence-corrected chi connectivity index (χ3v) is 2.83. The summed E-state index contributed by atoms with van der Waals surface area (Å²) in [6.07, 6.45) is 0.667. The van der Waals surface area contributed by atoms with Crippen LogP contribution in [0.3, 0.4) is 0 Å². The summed E-state index contributed by atoms with van der Waals surface area (Å²) in [7, 11) is 0. The highest BCUT2D eigenvalue weighted by molar-refractivity contribution is 6.30. The zero-order chi connectivity index (χ0) is 15.0. The molecule has 0 aromatic heterocycles. The molecule has 20 heavy (non-hydrogen) atoms. The number of benzene rings is 1. The third kappa shape index (κ3) is 6.99. The largest absolute Gasteiger partial charge is 0.493 e. The minimum absolute atomic E-state index is 0.0421. The Morgan fingerprint density at radius 3 is 2.80 bits per heavy atom. The highest BCUT2D eigenvalue weighted by Crippen LogP contribution is 2.17. The second-order valence-corrected chi connectivity index (χ2v) is 4.89. The summed E-state index contributed by atoms with van der Waals surface area (Å²) in [4.78, 5) is 22.0. The van der Waals surface area contributed by atoms with Gasteiger partial charge in [0, 0.05) is 17.5 Å². The molecule has 1 rings (SSSR count). The minimum atomic E-state index is -0.865. The lowest BCUT2D eigenvalue weighted by molar-refractivity contribution is -0.137. The first kappa shape index (κ1) is 16.3. The third-order valence-electron chi connectivity index (χ3n) is 2.59. The zero-order valence-corrected chi connectivity index (χ0v) is 12.0. The number of aliphatic carboxylic acids is 1. The van der Waals surface area contributed by atoms with Gasteiger partial charge in [-0.1, -0.05) is 17.7 Å². The first-order valence-corrected chi connectivity index (χ1v) is 6.74. The maximum Gasteiger partial charge on any atom is 0.303 e. The summed E-state index contributed by atoms with van der Waals surface area (Å²) >= 11 is 5.81. The molecule has 0 heterocycles. The molecule has 0 saturated carbocycles. The summed E-state index contributed by atoms with van der Waals surface area (Å²) in [6.45, 7) is 2.02. The predicted octanol–water partition coefficient (Wildman–Crippen LogP) is 2.48. The second kappa shape index (κ2) is 8.43. The van der Waals surface area contributed by atoms with Crippen LogP contribution in [0.25, 0.3) is 0 Å². The second-order valence-electron chi connectivity index (χ2n) is 4.46. The van der Waals surface area contributed by atoms with Crippen LogP contribution in [-0.4, -0.2) is 29.6 Å². The summed E-state index contributed by atoms with van der Waals surface area (Å²) in [5.74, 6) is -0.412. The molecule has 0 aliphatic carbocycles. The summed E-state index contributed by atoms with van der Waals surface area (Å²) in [5, 5.41) is 11.8. The van der Waals surface area contributed by atoms with Crippen molar-refractivity contribution >= 4 is 23.5 Å². The van der Waals surface area contributed by atoms with E-state index < -0.39 is 5.97 Å². The summed E-state index contributed by atoms with van der Waals surface area (Å²) in [5.41, 5.74) is 0. The van der Waals surface area contributed by atoms with E-state index in [-0.39, 0.29) is 31.4 Å². The van der Waals surface area contributed by atoms with Crippen molar-refractivity contribution in [3.63, 3.8) is 0 Å². The molecule has 1 aromatic carbocycles. The van der Waals surface area contributed by atoms with Crippen molar-refractivity contribution in [1.29, 1.82) is 0 Å². The topological polar surface area (TPSA) is 75.6 Å². The molecule has 0 aliphatic rings. The van der Waals surface area contributed by atoms with Crippen molar-refractivity contribution in [3.05, 3.63) is 29.3 Å². The highest BCUT2D eigenvalue weighted by atomic mass is 35.5. The van der Waals surface area contributed by atoms with E-state index in [1.165, 1.54) is 0 Å². The molecular formula is C14H18ClNO4. The Balaban J connectivity index is 2.21. The van der Waals surface area contributed by atoms with Crippen LogP contribution in [0.2, 0.25) is 5.02 Å². The number of hydrogen-bond acceptors (Lipinski definition) is 3. The fraction of sp³-hybridized carbons (Fsp3) is 0.429. The van der Waals surface area contributed by atoms with Crippen LogP contribution in [-0.2, 0) is 9.59 Å². The quantitative estimate of drug-likeness (QED) is 0.773. The Morgan fingerprint density at radius 1 is 1.40 bits per heavy atom. The van der Waals surface area contributed by atoms with Crippen LogP contribution in [0.5, 0.6) is 5.75 Å².